The van der Waals surface area contributed by atoms with Crippen molar-refractivity contribution < 1.29 is 4.79 Å². The number of halogens is 1. The van der Waals surface area contributed by atoms with E-state index in [9.17, 15) is 4.79 Å². The molecule has 0 saturated carbocycles. The molecule has 1 atom stereocenters. The highest BCUT2D eigenvalue weighted by molar-refractivity contribution is 6.27. The number of carbonyl (C=O) groups is 1. The summed E-state index contributed by atoms with van der Waals surface area (Å²) in [6.45, 7) is 5.05. The molecule has 0 fully saturated rings. The van der Waals surface area contributed by atoms with Crippen LogP contribution in [0.25, 0.3) is 0 Å². The maximum atomic E-state index is 11.0. The van der Waals surface area contributed by atoms with Gasteiger partial charge in [-0.1, -0.05) is 20.3 Å². The summed E-state index contributed by atoms with van der Waals surface area (Å²) in [6, 6.07) is 0. The summed E-state index contributed by atoms with van der Waals surface area (Å²) < 4.78 is 0. The number of hydrogen-bond donors (Lipinski definition) is 0. The Labute approximate surface area is 73.5 Å². The molecule has 0 radical (unpaired) electrons. The monoisotopic (exact) mass is 177 g/mol. The van der Waals surface area contributed by atoms with E-state index in [0.29, 0.717) is 5.92 Å². The summed E-state index contributed by atoms with van der Waals surface area (Å²) in [5.41, 5.74) is 0. The number of hydrogen-bond acceptors (Lipinski definition) is 1. The lowest BCUT2D eigenvalue weighted by Crippen LogP contribution is -2.31. The van der Waals surface area contributed by atoms with E-state index in [4.69, 9.17) is 11.6 Å². The molecule has 0 spiro atoms. The predicted molar refractivity (Wildman–Crippen MR) is 47.8 cm³/mol. The van der Waals surface area contributed by atoms with Gasteiger partial charge < -0.3 is 4.90 Å². The van der Waals surface area contributed by atoms with Crippen LogP contribution >= 0.6 is 11.6 Å². The fraction of sp³-hybridized carbons (Fsp3) is 0.875. The molecule has 0 aromatic heterocycles. The van der Waals surface area contributed by atoms with Crippen LogP contribution in [0.3, 0.4) is 0 Å². The quantitative estimate of drug-likeness (QED) is 0.599. The van der Waals surface area contributed by atoms with Gasteiger partial charge in [0.05, 0.1) is 0 Å². The predicted octanol–water partition coefficient (Wildman–Crippen LogP) is 1.73. The van der Waals surface area contributed by atoms with Crippen molar-refractivity contribution in [2.45, 2.75) is 20.3 Å². The number of nitrogens with zero attached hydrogens (tertiary/aromatic N) is 1. The van der Waals surface area contributed by atoms with Crippen LogP contribution in [0.5, 0.6) is 0 Å². The maximum Gasteiger partial charge on any atom is 0.237 e. The van der Waals surface area contributed by atoms with Crippen LogP contribution in [0.15, 0.2) is 0 Å². The first-order chi connectivity index (χ1) is 5.11. The molecule has 0 N–H and O–H groups in total. The van der Waals surface area contributed by atoms with Gasteiger partial charge in [-0.3, -0.25) is 4.79 Å². The molecule has 0 aliphatic heterocycles. The van der Waals surface area contributed by atoms with E-state index < -0.39 is 0 Å². The summed E-state index contributed by atoms with van der Waals surface area (Å²) in [4.78, 5) is 12.6. The van der Waals surface area contributed by atoms with Gasteiger partial charge in [-0.2, -0.15) is 0 Å². The molecule has 0 heterocycles. The van der Waals surface area contributed by atoms with Crippen molar-refractivity contribution in [2.75, 3.05) is 19.5 Å². The Morgan fingerprint density at radius 2 is 2.18 bits per heavy atom. The summed E-state index contributed by atoms with van der Waals surface area (Å²) >= 11 is 5.38. The average molecular weight is 178 g/mol. The van der Waals surface area contributed by atoms with Crippen LogP contribution in [-0.2, 0) is 4.79 Å². The molecular weight excluding hydrogens is 162 g/mol. The molecule has 1 amide bonds. The zero-order valence-corrected chi connectivity index (χ0v) is 8.19. The zero-order chi connectivity index (χ0) is 8.85. The first-order valence-corrected chi connectivity index (χ1v) is 4.45. The van der Waals surface area contributed by atoms with E-state index in [1.807, 2.05) is 0 Å². The van der Waals surface area contributed by atoms with Gasteiger partial charge in [0.25, 0.3) is 0 Å². The van der Waals surface area contributed by atoms with Crippen molar-refractivity contribution in [3.05, 3.63) is 0 Å². The number of carbonyl (C=O) groups excluding carboxylic acids is 1. The Bertz CT molecular complexity index is 127. The van der Waals surface area contributed by atoms with Crippen molar-refractivity contribution in [3.63, 3.8) is 0 Å². The number of rotatable bonds is 4. The topological polar surface area (TPSA) is 20.3 Å². The third-order valence-electron chi connectivity index (χ3n) is 1.82. The van der Waals surface area contributed by atoms with Crippen LogP contribution in [0.4, 0.5) is 0 Å². The van der Waals surface area contributed by atoms with Gasteiger partial charge in [0.2, 0.25) is 5.91 Å². The van der Waals surface area contributed by atoms with Gasteiger partial charge >= 0.3 is 0 Å². The Hall–Kier alpha value is -0.240. The molecule has 0 saturated heterocycles. The average Bonchev–Trinajstić information content (AvgIpc) is 2.02. The highest BCUT2D eigenvalue weighted by atomic mass is 35.5. The van der Waals surface area contributed by atoms with Crippen LogP contribution in [0, 0.1) is 5.92 Å². The Kier molecular flexibility index (Phi) is 5.30. The van der Waals surface area contributed by atoms with Crippen LogP contribution in [-0.4, -0.2) is 30.3 Å². The second kappa shape index (κ2) is 5.42. The molecule has 0 bridgehead atoms. The third kappa shape index (κ3) is 4.25. The van der Waals surface area contributed by atoms with Crippen molar-refractivity contribution in [3.8, 4) is 0 Å². The summed E-state index contributed by atoms with van der Waals surface area (Å²) in [5.74, 6) is 0.659. The molecular formula is C8H16ClNO. The highest BCUT2D eigenvalue weighted by Gasteiger charge is 2.09. The third-order valence-corrected chi connectivity index (χ3v) is 2.05. The van der Waals surface area contributed by atoms with Crippen LogP contribution in [0.2, 0.25) is 0 Å². The van der Waals surface area contributed by atoms with E-state index in [-0.39, 0.29) is 11.8 Å². The second-order valence-corrected chi connectivity index (χ2v) is 3.19. The van der Waals surface area contributed by atoms with Gasteiger partial charge in [-0.05, 0) is 5.92 Å². The SMILES string of the molecule is CCC(C)CN(C)C(=O)CCl. The van der Waals surface area contributed by atoms with E-state index in [1.165, 1.54) is 0 Å². The van der Waals surface area contributed by atoms with Crippen LogP contribution in [0.1, 0.15) is 20.3 Å². The van der Waals surface area contributed by atoms with Crippen molar-refractivity contribution in [1.82, 2.24) is 4.90 Å². The minimum Gasteiger partial charge on any atom is -0.344 e. The first-order valence-electron chi connectivity index (χ1n) is 3.91. The smallest absolute Gasteiger partial charge is 0.237 e. The minimum atomic E-state index is 0.00645. The molecule has 2 nitrogen and oxygen atoms in total. The fourth-order valence-corrected chi connectivity index (χ4v) is 1.00. The normalized spacial score (nSPS) is 12.7. The molecule has 1 unspecified atom stereocenters. The van der Waals surface area contributed by atoms with Crippen molar-refractivity contribution in [2.24, 2.45) is 5.92 Å². The Morgan fingerprint density at radius 3 is 2.55 bits per heavy atom. The van der Waals surface area contributed by atoms with E-state index in [1.54, 1.807) is 11.9 Å². The molecule has 0 aromatic carbocycles. The van der Waals surface area contributed by atoms with Gasteiger partial charge in [0.1, 0.15) is 5.88 Å². The lowest BCUT2D eigenvalue weighted by atomic mass is 10.1. The lowest BCUT2D eigenvalue weighted by molar-refractivity contribution is -0.127. The fourth-order valence-electron chi connectivity index (χ4n) is 0.800. The standard InChI is InChI=1S/C8H16ClNO/c1-4-7(2)6-10(3)8(11)5-9/h7H,4-6H2,1-3H3. The van der Waals surface area contributed by atoms with E-state index >= 15 is 0 Å². The Morgan fingerprint density at radius 1 is 1.64 bits per heavy atom. The first kappa shape index (κ1) is 10.8. The van der Waals surface area contributed by atoms with Crippen LogP contribution < -0.4 is 0 Å². The number of amides is 1. The molecule has 11 heavy (non-hydrogen) atoms. The Balaban J connectivity index is 3.67. The van der Waals surface area contributed by atoms with Gasteiger partial charge in [-0.25, -0.2) is 0 Å². The largest absolute Gasteiger partial charge is 0.344 e. The summed E-state index contributed by atoms with van der Waals surface area (Å²) in [6.07, 6.45) is 1.10. The zero-order valence-electron chi connectivity index (χ0n) is 7.43. The number of alkyl halides is 1. The maximum absolute atomic E-state index is 11.0. The molecule has 66 valence electrons. The summed E-state index contributed by atoms with van der Waals surface area (Å²) in [7, 11) is 1.79. The van der Waals surface area contributed by atoms with Gasteiger partial charge in [0.15, 0.2) is 0 Å². The van der Waals surface area contributed by atoms with Gasteiger partial charge in [-0.15, -0.1) is 11.6 Å². The van der Waals surface area contributed by atoms with Crippen molar-refractivity contribution in [1.29, 1.82) is 0 Å². The lowest BCUT2D eigenvalue weighted by Gasteiger charge is -2.19. The summed E-state index contributed by atoms with van der Waals surface area (Å²) in [5, 5.41) is 0. The second-order valence-electron chi connectivity index (χ2n) is 2.92. The molecule has 0 aliphatic carbocycles. The van der Waals surface area contributed by atoms with E-state index in [2.05, 4.69) is 13.8 Å². The molecule has 3 heteroatoms. The molecule has 0 aromatic rings. The molecule has 0 rings (SSSR count). The van der Waals surface area contributed by atoms with Gasteiger partial charge in [0, 0.05) is 13.6 Å². The highest BCUT2D eigenvalue weighted by Crippen LogP contribution is 2.02. The molecule has 0 aliphatic rings. The van der Waals surface area contributed by atoms with Crippen molar-refractivity contribution >= 4 is 17.5 Å². The minimum absolute atomic E-state index is 0.00645. The van der Waals surface area contributed by atoms with E-state index in [0.717, 1.165) is 13.0 Å².